The van der Waals surface area contributed by atoms with Crippen molar-refractivity contribution in [2.45, 2.75) is 32.4 Å². The van der Waals surface area contributed by atoms with E-state index in [9.17, 15) is 4.79 Å². The summed E-state index contributed by atoms with van der Waals surface area (Å²) in [5.41, 5.74) is 6.81. The predicted octanol–water partition coefficient (Wildman–Crippen LogP) is 2.36. The number of rotatable bonds is 3. The Bertz CT molecular complexity index is 510. The first-order valence-corrected chi connectivity index (χ1v) is 7.56. The third-order valence-corrected chi connectivity index (χ3v) is 3.97. The Hall–Kier alpha value is -1.30. The number of anilines is 2. The summed E-state index contributed by atoms with van der Waals surface area (Å²) in [5.74, 6) is -0.0734. The van der Waals surface area contributed by atoms with Gasteiger partial charge in [-0.3, -0.25) is 9.69 Å². The maximum Gasteiger partial charge on any atom is 0.241 e. The normalized spacial score (nSPS) is 21.6. The maximum atomic E-state index is 12.4. The molecule has 0 bridgehead atoms. The minimum Gasteiger partial charge on any atom is -0.399 e. The van der Waals surface area contributed by atoms with Crippen LogP contribution in [0.15, 0.2) is 18.2 Å². The molecule has 6 heteroatoms. The van der Waals surface area contributed by atoms with Crippen LogP contribution in [0.4, 0.5) is 11.4 Å². The van der Waals surface area contributed by atoms with Gasteiger partial charge in [0.15, 0.2) is 0 Å². The van der Waals surface area contributed by atoms with Gasteiger partial charge in [0, 0.05) is 25.4 Å². The lowest BCUT2D eigenvalue weighted by atomic mass is 10.2. The van der Waals surface area contributed by atoms with Crippen molar-refractivity contribution in [2.75, 3.05) is 30.7 Å². The fourth-order valence-electron chi connectivity index (χ4n) is 2.41. The van der Waals surface area contributed by atoms with Crippen LogP contribution >= 0.6 is 11.6 Å². The van der Waals surface area contributed by atoms with Crippen LogP contribution in [0.3, 0.4) is 0 Å². The van der Waals surface area contributed by atoms with Gasteiger partial charge in [-0.2, -0.15) is 0 Å². The van der Waals surface area contributed by atoms with Gasteiger partial charge < -0.3 is 15.8 Å². The summed E-state index contributed by atoms with van der Waals surface area (Å²) in [4.78, 5) is 14.5. The maximum absolute atomic E-state index is 12.4. The molecule has 1 heterocycles. The van der Waals surface area contributed by atoms with Crippen LogP contribution in [-0.2, 0) is 9.53 Å². The van der Waals surface area contributed by atoms with Gasteiger partial charge in [-0.05, 0) is 38.5 Å². The number of nitrogens with one attached hydrogen (secondary N) is 1. The number of nitrogen functional groups attached to an aromatic ring is 1. The Morgan fingerprint density at radius 1 is 1.57 bits per heavy atom. The molecule has 1 amide bonds. The molecule has 0 aromatic heterocycles. The highest BCUT2D eigenvalue weighted by atomic mass is 35.5. The largest absolute Gasteiger partial charge is 0.399 e. The first kappa shape index (κ1) is 16.1. The summed E-state index contributed by atoms with van der Waals surface area (Å²) >= 11 is 6.09. The number of benzene rings is 1. The number of hydrogen-bond acceptors (Lipinski definition) is 4. The molecule has 0 aliphatic carbocycles. The van der Waals surface area contributed by atoms with Crippen LogP contribution in [0, 0.1) is 0 Å². The molecule has 2 atom stereocenters. The number of carbonyl (C=O) groups is 1. The van der Waals surface area contributed by atoms with E-state index in [2.05, 4.69) is 10.2 Å². The van der Waals surface area contributed by atoms with Crippen molar-refractivity contribution in [3.05, 3.63) is 23.2 Å². The summed E-state index contributed by atoms with van der Waals surface area (Å²) in [7, 11) is 0. The molecule has 0 saturated carbocycles. The van der Waals surface area contributed by atoms with Crippen LogP contribution in [0.2, 0.25) is 5.02 Å². The van der Waals surface area contributed by atoms with Gasteiger partial charge in [0.2, 0.25) is 5.91 Å². The van der Waals surface area contributed by atoms with Crippen molar-refractivity contribution in [2.24, 2.45) is 0 Å². The number of nitrogens with zero attached hydrogens (tertiary/aromatic N) is 1. The van der Waals surface area contributed by atoms with Crippen molar-refractivity contribution in [3.8, 4) is 0 Å². The number of carbonyl (C=O) groups excluding carboxylic acids is 1. The number of ether oxygens (including phenoxy) is 1. The molecule has 1 aliphatic rings. The Balaban J connectivity index is 2.01. The quantitative estimate of drug-likeness (QED) is 0.841. The SMILES string of the molecule is CC1CN(C(C)C(=O)Nc2ccc(N)cc2Cl)CCCO1. The molecule has 0 spiro atoms. The molecule has 21 heavy (non-hydrogen) atoms. The molecular weight excluding hydrogens is 290 g/mol. The van der Waals surface area contributed by atoms with E-state index in [1.165, 1.54) is 0 Å². The van der Waals surface area contributed by atoms with Crippen LogP contribution in [0.1, 0.15) is 20.3 Å². The lowest BCUT2D eigenvalue weighted by Gasteiger charge is -2.27. The Kier molecular flexibility index (Phi) is 5.45. The Labute approximate surface area is 130 Å². The highest BCUT2D eigenvalue weighted by molar-refractivity contribution is 6.34. The minimum atomic E-state index is -0.234. The number of halogens is 1. The molecule has 2 unspecified atom stereocenters. The molecule has 3 N–H and O–H groups in total. The van der Waals surface area contributed by atoms with E-state index in [4.69, 9.17) is 22.1 Å². The van der Waals surface area contributed by atoms with Crippen LogP contribution < -0.4 is 11.1 Å². The van der Waals surface area contributed by atoms with Crippen molar-refractivity contribution >= 4 is 28.9 Å². The van der Waals surface area contributed by atoms with E-state index < -0.39 is 0 Å². The third kappa shape index (κ3) is 4.33. The van der Waals surface area contributed by atoms with E-state index >= 15 is 0 Å². The van der Waals surface area contributed by atoms with Crippen LogP contribution in [-0.4, -0.2) is 42.6 Å². The van der Waals surface area contributed by atoms with Gasteiger partial charge in [-0.25, -0.2) is 0 Å². The summed E-state index contributed by atoms with van der Waals surface area (Å²) in [6.45, 7) is 6.28. The second-order valence-corrected chi connectivity index (χ2v) is 5.84. The van der Waals surface area contributed by atoms with Crippen molar-refractivity contribution in [3.63, 3.8) is 0 Å². The standard InChI is InChI=1S/C15H22ClN3O2/c1-10-9-19(6-3-7-21-10)11(2)15(20)18-14-5-4-12(17)8-13(14)16/h4-5,8,10-11H,3,6-7,9,17H2,1-2H3,(H,18,20). The lowest BCUT2D eigenvalue weighted by Crippen LogP contribution is -2.44. The predicted molar refractivity (Wildman–Crippen MR) is 85.6 cm³/mol. The van der Waals surface area contributed by atoms with E-state index in [1.807, 2.05) is 13.8 Å². The van der Waals surface area contributed by atoms with Crippen LogP contribution in [0.5, 0.6) is 0 Å². The second kappa shape index (κ2) is 7.11. The molecule has 1 aliphatic heterocycles. The fourth-order valence-corrected chi connectivity index (χ4v) is 2.65. The molecule has 2 rings (SSSR count). The van der Waals surface area contributed by atoms with E-state index in [-0.39, 0.29) is 18.1 Å². The fraction of sp³-hybridized carbons (Fsp3) is 0.533. The highest BCUT2D eigenvalue weighted by Gasteiger charge is 2.25. The van der Waals surface area contributed by atoms with E-state index in [0.717, 1.165) is 26.1 Å². The molecule has 1 aromatic carbocycles. The van der Waals surface area contributed by atoms with Crippen molar-refractivity contribution in [1.29, 1.82) is 0 Å². The first-order chi connectivity index (χ1) is 9.97. The smallest absolute Gasteiger partial charge is 0.241 e. The highest BCUT2D eigenvalue weighted by Crippen LogP contribution is 2.24. The summed E-state index contributed by atoms with van der Waals surface area (Å²) in [6, 6.07) is 4.83. The van der Waals surface area contributed by atoms with Gasteiger partial charge in [-0.15, -0.1) is 0 Å². The molecule has 1 fully saturated rings. The van der Waals surface area contributed by atoms with E-state index in [0.29, 0.717) is 16.4 Å². The summed E-state index contributed by atoms with van der Waals surface area (Å²) < 4.78 is 5.61. The van der Waals surface area contributed by atoms with Gasteiger partial charge in [0.25, 0.3) is 0 Å². The van der Waals surface area contributed by atoms with E-state index in [1.54, 1.807) is 18.2 Å². The second-order valence-electron chi connectivity index (χ2n) is 5.43. The summed E-state index contributed by atoms with van der Waals surface area (Å²) in [6.07, 6.45) is 1.08. The van der Waals surface area contributed by atoms with Crippen molar-refractivity contribution < 1.29 is 9.53 Å². The number of nitrogens with two attached hydrogens (primary N) is 1. The zero-order chi connectivity index (χ0) is 15.4. The Morgan fingerprint density at radius 3 is 3.05 bits per heavy atom. The molecule has 0 radical (unpaired) electrons. The minimum absolute atomic E-state index is 0.0734. The van der Waals surface area contributed by atoms with Gasteiger partial charge in [0.05, 0.1) is 22.9 Å². The average Bonchev–Trinajstić information content (AvgIpc) is 2.65. The molecule has 1 saturated heterocycles. The Morgan fingerprint density at radius 2 is 2.33 bits per heavy atom. The molecular formula is C15H22ClN3O2. The van der Waals surface area contributed by atoms with Crippen LogP contribution in [0.25, 0.3) is 0 Å². The monoisotopic (exact) mass is 311 g/mol. The number of amides is 1. The average molecular weight is 312 g/mol. The first-order valence-electron chi connectivity index (χ1n) is 7.19. The topological polar surface area (TPSA) is 67.6 Å². The van der Waals surface area contributed by atoms with Crippen molar-refractivity contribution in [1.82, 2.24) is 4.90 Å². The summed E-state index contributed by atoms with van der Waals surface area (Å²) in [5, 5.41) is 3.31. The van der Waals surface area contributed by atoms with Gasteiger partial charge in [0.1, 0.15) is 0 Å². The third-order valence-electron chi connectivity index (χ3n) is 3.66. The lowest BCUT2D eigenvalue weighted by molar-refractivity contribution is -0.121. The molecule has 1 aromatic rings. The molecule has 116 valence electrons. The number of hydrogen-bond donors (Lipinski definition) is 2. The molecule has 5 nitrogen and oxygen atoms in total. The van der Waals surface area contributed by atoms with Gasteiger partial charge >= 0.3 is 0 Å². The zero-order valence-corrected chi connectivity index (χ0v) is 13.2. The van der Waals surface area contributed by atoms with Gasteiger partial charge in [-0.1, -0.05) is 11.6 Å². The zero-order valence-electron chi connectivity index (χ0n) is 12.4.